The number of carbonyl (C=O) groups is 1. The molecule has 0 bridgehead atoms. The Hall–Kier alpha value is -2.29. The first-order valence-corrected chi connectivity index (χ1v) is 8.28. The van der Waals surface area contributed by atoms with Gasteiger partial charge in [-0.25, -0.2) is 0 Å². The summed E-state index contributed by atoms with van der Waals surface area (Å²) >= 11 is 0. The number of methoxy groups -OCH3 is 1. The SMILES string of the molecule is CCCC[C@@H]1C(=O)N(c2ccccc2)[C@@H]1c1ccc(OC)cc1. The van der Waals surface area contributed by atoms with Gasteiger partial charge in [0.2, 0.25) is 5.91 Å². The van der Waals surface area contributed by atoms with Crippen molar-refractivity contribution in [2.24, 2.45) is 5.92 Å². The Morgan fingerprint density at radius 2 is 1.74 bits per heavy atom. The van der Waals surface area contributed by atoms with Crippen LogP contribution < -0.4 is 9.64 Å². The third-order valence-corrected chi connectivity index (χ3v) is 4.57. The molecule has 0 unspecified atom stereocenters. The van der Waals surface area contributed by atoms with Gasteiger partial charge in [-0.1, -0.05) is 50.1 Å². The zero-order valence-corrected chi connectivity index (χ0v) is 13.7. The summed E-state index contributed by atoms with van der Waals surface area (Å²) in [4.78, 5) is 14.6. The topological polar surface area (TPSA) is 29.5 Å². The van der Waals surface area contributed by atoms with Gasteiger partial charge in [0.1, 0.15) is 5.75 Å². The van der Waals surface area contributed by atoms with Crippen LogP contribution in [0.5, 0.6) is 5.75 Å². The summed E-state index contributed by atoms with van der Waals surface area (Å²) in [5.74, 6) is 1.17. The number of rotatable bonds is 6. The van der Waals surface area contributed by atoms with Crippen LogP contribution in [0.4, 0.5) is 5.69 Å². The summed E-state index contributed by atoms with van der Waals surface area (Å²) in [7, 11) is 1.67. The van der Waals surface area contributed by atoms with Crippen LogP contribution in [0.25, 0.3) is 0 Å². The highest BCUT2D eigenvalue weighted by molar-refractivity contribution is 6.03. The zero-order valence-electron chi connectivity index (χ0n) is 13.7. The van der Waals surface area contributed by atoms with Gasteiger partial charge in [0, 0.05) is 5.69 Å². The average Bonchev–Trinajstić information content (AvgIpc) is 2.61. The number of para-hydroxylation sites is 1. The van der Waals surface area contributed by atoms with Crippen molar-refractivity contribution in [2.75, 3.05) is 12.0 Å². The highest BCUT2D eigenvalue weighted by Crippen LogP contribution is 2.45. The quantitative estimate of drug-likeness (QED) is 0.730. The lowest BCUT2D eigenvalue weighted by molar-refractivity contribution is -0.130. The van der Waals surface area contributed by atoms with Crippen molar-refractivity contribution in [1.29, 1.82) is 0 Å². The standard InChI is InChI=1S/C20H23NO2/c1-3-4-10-18-19(15-11-13-17(23-2)14-12-15)21(20(18)22)16-8-6-5-7-9-16/h5-9,11-14,18-19H,3-4,10H2,1-2H3/t18-,19+/m0/s1. The van der Waals surface area contributed by atoms with Gasteiger partial charge in [0.25, 0.3) is 0 Å². The van der Waals surface area contributed by atoms with Crippen molar-refractivity contribution in [3.8, 4) is 5.75 Å². The van der Waals surface area contributed by atoms with Crippen LogP contribution in [-0.2, 0) is 4.79 Å². The van der Waals surface area contributed by atoms with Crippen molar-refractivity contribution in [3.63, 3.8) is 0 Å². The Bertz CT molecular complexity index is 651. The minimum atomic E-state index is 0.0866. The first-order chi connectivity index (χ1) is 11.3. The number of hydrogen-bond donors (Lipinski definition) is 0. The van der Waals surface area contributed by atoms with E-state index in [1.54, 1.807) is 7.11 Å². The normalized spacial score (nSPS) is 20.3. The molecule has 0 aromatic heterocycles. The molecule has 0 radical (unpaired) electrons. The van der Waals surface area contributed by atoms with Crippen LogP contribution in [-0.4, -0.2) is 13.0 Å². The van der Waals surface area contributed by atoms with Gasteiger partial charge in [-0.2, -0.15) is 0 Å². The lowest BCUT2D eigenvalue weighted by atomic mass is 9.79. The van der Waals surface area contributed by atoms with E-state index in [0.717, 1.165) is 30.7 Å². The minimum absolute atomic E-state index is 0.0866. The molecule has 1 heterocycles. The molecule has 0 N–H and O–H groups in total. The Morgan fingerprint density at radius 1 is 1.04 bits per heavy atom. The molecule has 1 aliphatic rings. The second-order valence-corrected chi connectivity index (χ2v) is 6.01. The van der Waals surface area contributed by atoms with Crippen molar-refractivity contribution in [2.45, 2.75) is 32.2 Å². The largest absolute Gasteiger partial charge is 0.497 e. The van der Waals surface area contributed by atoms with E-state index in [1.807, 2.05) is 47.4 Å². The molecule has 1 saturated heterocycles. The van der Waals surface area contributed by atoms with Gasteiger partial charge in [-0.3, -0.25) is 4.79 Å². The van der Waals surface area contributed by atoms with Crippen molar-refractivity contribution in [1.82, 2.24) is 0 Å². The molecule has 3 heteroatoms. The molecule has 2 atom stereocenters. The van der Waals surface area contributed by atoms with Crippen LogP contribution >= 0.6 is 0 Å². The number of benzene rings is 2. The highest BCUT2D eigenvalue weighted by Gasteiger charge is 2.47. The molecule has 0 spiro atoms. The molecule has 1 aliphatic heterocycles. The summed E-state index contributed by atoms with van der Waals surface area (Å²) in [5.41, 5.74) is 2.15. The number of unbranched alkanes of at least 4 members (excludes halogenated alkanes) is 1. The summed E-state index contributed by atoms with van der Waals surface area (Å²) < 4.78 is 5.24. The van der Waals surface area contributed by atoms with Crippen molar-refractivity contribution < 1.29 is 9.53 Å². The van der Waals surface area contributed by atoms with Gasteiger partial charge < -0.3 is 9.64 Å². The molecule has 2 aromatic carbocycles. The summed E-state index contributed by atoms with van der Waals surface area (Å²) in [5, 5.41) is 0. The molecular formula is C20H23NO2. The van der Waals surface area contributed by atoms with Gasteiger partial charge in [0.15, 0.2) is 0 Å². The van der Waals surface area contributed by atoms with E-state index >= 15 is 0 Å². The molecule has 1 fully saturated rings. The van der Waals surface area contributed by atoms with Crippen LogP contribution in [0, 0.1) is 5.92 Å². The maximum atomic E-state index is 12.7. The van der Waals surface area contributed by atoms with Crippen LogP contribution in [0.3, 0.4) is 0 Å². The molecule has 0 saturated carbocycles. The molecule has 3 rings (SSSR count). The highest BCUT2D eigenvalue weighted by atomic mass is 16.5. The number of anilines is 1. The molecule has 3 nitrogen and oxygen atoms in total. The van der Waals surface area contributed by atoms with E-state index in [-0.39, 0.29) is 17.9 Å². The smallest absolute Gasteiger partial charge is 0.233 e. The van der Waals surface area contributed by atoms with Gasteiger partial charge >= 0.3 is 0 Å². The molecule has 1 amide bonds. The van der Waals surface area contributed by atoms with Gasteiger partial charge in [0.05, 0.1) is 19.1 Å². The second-order valence-electron chi connectivity index (χ2n) is 6.01. The Labute approximate surface area is 137 Å². The lowest BCUT2D eigenvalue weighted by Crippen LogP contribution is -2.55. The molecule has 120 valence electrons. The van der Waals surface area contributed by atoms with Crippen LogP contribution in [0.2, 0.25) is 0 Å². The fourth-order valence-electron chi connectivity index (χ4n) is 3.31. The first kappa shape index (κ1) is 15.6. The average molecular weight is 309 g/mol. The molecule has 23 heavy (non-hydrogen) atoms. The third kappa shape index (κ3) is 2.96. The first-order valence-electron chi connectivity index (χ1n) is 8.28. The fraction of sp³-hybridized carbons (Fsp3) is 0.350. The number of amides is 1. The van der Waals surface area contributed by atoms with E-state index in [0.29, 0.717) is 0 Å². The predicted octanol–water partition coefficient (Wildman–Crippen LogP) is 4.59. The second kappa shape index (κ2) is 6.86. The number of β-lactam (4-membered cyclic amide) rings is 1. The maximum Gasteiger partial charge on any atom is 0.233 e. The Morgan fingerprint density at radius 3 is 2.35 bits per heavy atom. The van der Waals surface area contributed by atoms with Gasteiger partial charge in [-0.15, -0.1) is 0 Å². The Balaban J connectivity index is 1.90. The Kier molecular flexibility index (Phi) is 4.65. The van der Waals surface area contributed by atoms with Gasteiger partial charge in [-0.05, 0) is 36.2 Å². The number of nitrogens with zero attached hydrogens (tertiary/aromatic N) is 1. The monoisotopic (exact) mass is 309 g/mol. The van der Waals surface area contributed by atoms with E-state index < -0.39 is 0 Å². The van der Waals surface area contributed by atoms with E-state index in [1.165, 1.54) is 5.56 Å². The van der Waals surface area contributed by atoms with E-state index in [9.17, 15) is 4.79 Å². The number of hydrogen-bond acceptors (Lipinski definition) is 2. The van der Waals surface area contributed by atoms with Crippen LogP contribution in [0.15, 0.2) is 54.6 Å². The summed E-state index contributed by atoms with van der Waals surface area (Å²) in [6.07, 6.45) is 3.16. The molecular weight excluding hydrogens is 286 g/mol. The summed E-state index contributed by atoms with van der Waals surface area (Å²) in [6.45, 7) is 2.17. The van der Waals surface area contributed by atoms with E-state index in [4.69, 9.17) is 4.74 Å². The van der Waals surface area contributed by atoms with E-state index in [2.05, 4.69) is 19.1 Å². The zero-order chi connectivity index (χ0) is 16.2. The maximum absolute atomic E-state index is 12.7. The minimum Gasteiger partial charge on any atom is -0.497 e. The summed E-state index contributed by atoms with van der Waals surface area (Å²) in [6, 6.07) is 18.2. The number of ether oxygens (including phenoxy) is 1. The lowest BCUT2D eigenvalue weighted by Gasteiger charge is -2.47. The van der Waals surface area contributed by atoms with Crippen molar-refractivity contribution >= 4 is 11.6 Å². The fourth-order valence-corrected chi connectivity index (χ4v) is 3.31. The van der Waals surface area contributed by atoms with Crippen molar-refractivity contribution in [3.05, 3.63) is 60.2 Å². The number of carbonyl (C=O) groups excluding carboxylic acids is 1. The third-order valence-electron chi connectivity index (χ3n) is 4.57. The predicted molar refractivity (Wildman–Crippen MR) is 92.7 cm³/mol. The molecule has 2 aromatic rings. The van der Waals surface area contributed by atoms with Crippen LogP contribution in [0.1, 0.15) is 37.8 Å². The molecule has 0 aliphatic carbocycles.